The van der Waals surface area contributed by atoms with Gasteiger partial charge >= 0.3 is 0 Å². The van der Waals surface area contributed by atoms with Crippen LogP contribution in [0.25, 0.3) is 10.9 Å². The molecule has 1 atom stereocenters. The Bertz CT molecular complexity index is 1160. The number of hydrogen-bond donors (Lipinski definition) is 1. The summed E-state index contributed by atoms with van der Waals surface area (Å²) in [6.45, 7) is 2.60. The summed E-state index contributed by atoms with van der Waals surface area (Å²) < 4.78 is 11.8. The second-order valence-corrected chi connectivity index (χ2v) is 8.91. The van der Waals surface area contributed by atoms with Crippen LogP contribution in [0, 0.1) is 0 Å². The van der Waals surface area contributed by atoms with Crippen molar-refractivity contribution in [2.75, 3.05) is 40.9 Å². The van der Waals surface area contributed by atoms with Gasteiger partial charge in [-0.3, -0.25) is 9.97 Å². The summed E-state index contributed by atoms with van der Waals surface area (Å²) in [4.78, 5) is 11.6. The Hall–Kier alpha value is -3.16. The molecule has 0 radical (unpaired) electrons. The zero-order valence-electron chi connectivity index (χ0n) is 19.5. The Kier molecular flexibility index (Phi) is 5.91. The Morgan fingerprint density at radius 1 is 1.12 bits per heavy atom. The van der Waals surface area contributed by atoms with Gasteiger partial charge in [0.05, 0.1) is 24.9 Å². The number of hydrogen-bond acceptors (Lipinski definition) is 7. The maximum atomic E-state index is 6.08. The molecule has 0 saturated carbocycles. The van der Waals surface area contributed by atoms with Gasteiger partial charge in [-0.2, -0.15) is 0 Å². The smallest absolute Gasteiger partial charge is 0.163 e. The fourth-order valence-electron chi connectivity index (χ4n) is 4.81. The lowest BCUT2D eigenvalue weighted by Gasteiger charge is -2.32. The molecular formula is C26H31N5O2. The van der Waals surface area contributed by atoms with E-state index in [-0.39, 0.29) is 0 Å². The average Bonchev–Trinajstić information content (AvgIpc) is 3.42. The minimum Gasteiger partial charge on any atom is -0.493 e. The number of nitrogens with one attached hydrogen (secondary N) is 1. The average molecular weight is 446 g/mol. The van der Waals surface area contributed by atoms with Crippen LogP contribution in [0.3, 0.4) is 0 Å². The molecule has 0 aliphatic carbocycles. The second kappa shape index (κ2) is 9.00. The lowest BCUT2D eigenvalue weighted by Crippen LogP contribution is -2.45. The maximum absolute atomic E-state index is 6.08. The molecule has 1 unspecified atom stereocenters. The van der Waals surface area contributed by atoms with E-state index in [1.54, 1.807) is 7.11 Å². The monoisotopic (exact) mass is 445 g/mol. The Morgan fingerprint density at radius 3 is 2.79 bits per heavy atom. The number of allylic oxidation sites excluding steroid dienone is 1. The first-order chi connectivity index (χ1) is 16.1. The normalized spacial score (nSPS) is 19.8. The Morgan fingerprint density at radius 2 is 2.03 bits per heavy atom. The molecule has 0 bridgehead atoms. The van der Waals surface area contributed by atoms with Crippen molar-refractivity contribution < 1.29 is 9.47 Å². The van der Waals surface area contributed by atoms with Crippen molar-refractivity contribution in [3.8, 4) is 11.5 Å². The Labute approximate surface area is 195 Å². The maximum Gasteiger partial charge on any atom is 0.163 e. The molecular weight excluding hydrogens is 414 g/mol. The summed E-state index contributed by atoms with van der Waals surface area (Å²) in [6.07, 6.45) is 9.22. The van der Waals surface area contributed by atoms with Gasteiger partial charge in [0.15, 0.2) is 11.5 Å². The number of benzene rings is 1. The number of aromatic nitrogens is 2. The standard InChI is InChI=1S/C26H31N5O2/c1-30(2)13-7-15-33-24-17-22-20(16-23(24)32-3)21(10-12-27-22)26(25-9-4-5-11-28-25)18-19-8-6-14-31(19)29-26/h4-5,9-12,16-18,29H,6-8,13-15H2,1-3H3. The molecule has 5 rings (SSSR count). The lowest BCUT2D eigenvalue weighted by atomic mass is 9.84. The van der Waals surface area contributed by atoms with Crippen molar-refractivity contribution in [1.82, 2.24) is 25.3 Å². The van der Waals surface area contributed by atoms with Crippen LogP contribution in [-0.4, -0.2) is 60.8 Å². The molecule has 7 heteroatoms. The number of pyridine rings is 2. The molecule has 172 valence electrons. The number of fused-ring (bicyclic) bond motifs is 2. The van der Waals surface area contributed by atoms with Gasteiger partial charge in [0.1, 0.15) is 5.54 Å². The fourth-order valence-corrected chi connectivity index (χ4v) is 4.81. The van der Waals surface area contributed by atoms with Crippen LogP contribution in [0.4, 0.5) is 0 Å². The van der Waals surface area contributed by atoms with Gasteiger partial charge in [0.25, 0.3) is 0 Å². The molecule has 1 saturated heterocycles. The van der Waals surface area contributed by atoms with Gasteiger partial charge in [-0.25, -0.2) is 5.43 Å². The quantitative estimate of drug-likeness (QED) is 0.530. The highest BCUT2D eigenvalue weighted by atomic mass is 16.5. The highest BCUT2D eigenvalue weighted by molar-refractivity contribution is 5.87. The van der Waals surface area contributed by atoms with Gasteiger partial charge in [-0.1, -0.05) is 6.07 Å². The van der Waals surface area contributed by atoms with Gasteiger partial charge in [-0.05, 0) is 69.3 Å². The molecule has 33 heavy (non-hydrogen) atoms. The number of ether oxygens (including phenoxy) is 2. The number of nitrogens with zero attached hydrogens (tertiary/aromatic N) is 4. The largest absolute Gasteiger partial charge is 0.493 e. The van der Waals surface area contributed by atoms with Gasteiger partial charge in [0.2, 0.25) is 0 Å². The topological polar surface area (TPSA) is 62.8 Å². The zero-order chi connectivity index (χ0) is 22.8. The van der Waals surface area contributed by atoms with Crippen LogP contribution < -0.4 is 14.9 Å². The molecule has 2 aliphatic rings. The van der Waals surface area contributed by atoms with Crippen LogP contribution >= 0.6 is 0 Å². The van der Waals surface area contributed by atoms with Crippen molar-refractivity contribution in [2.45, 2.75) is 24.8 Å². The molecule has 2 aliphatic heterocycles. The Balaban J connectivity index is 1.59. The molecule has 1 fully saturated rings. The minimum absolute atomic E-state index is 0.558. The lowest BCUT2D eigenvalue weighted by molar-refractivity contribution is 0.247. The van der Waals surface area contributed by atoms with E-state index in [4.69, 9.17) is 14.5 Å². The van der Waals surface area contributed by atoms with E-state index in [0.717, 1.165) is 60.3 Å². The molecule has 1 aromatic carbocycles. The van der Waals surface area contributed by atoms with E-state index in [0.29, 0.717) is 12.4 Å². The summed E-state index contributed by atoms with van der Waals surface area (Å²) in [7, 11) is 5.82. The first-order valence-electron chi connectivity index (χ1n) is 11.5. The van der Waals surface area contributed by atoms with E-state index in [1.165, 1.54) is 5.70 Å². The summed E-state index contributed by atoms with van der Waals surface area (Å²) >= 11 is 0. The van der Waals surface area contributed by atoms with Gasteiger partial charge < -0.3 is 19.4 Å². The number of rotatable bonds is 8. The third kappa shape index (κ3) is 4.03. The predicted molar refractivity (Wildman–Crippen MR) is 129 cm³/mol. The SMILES string of the molecule is COc1cc2c(C3(c4ccccn4)C=C4CCCN4N3)ccnc2cc1OCCCN(C)C. The molecule has 0 amide bonds. The molecule has 0 spiro atoms. The van der Waals surface area contributed by atoms with Gasteiger partial charge in [0, 0.05) is 42.6 Å². The fraction of sp³-hybridized carbons (Fsp3) is 0.385. The predicted octanol–water partition coefficient (Wildman–Crippen LogP) is 3.71. The first kappa shape index (κ1) is 21.7. The minimum atomic E-state index is -0.558. The summed E-state index contributed by atoms with van der Waals surface area (Å²) in [5.41, 5.74) is 7.47. The highest BCUT2D eigenvalue weighted by Crippen LogP contribution is 2.43. The second-order valence-electron chi connectivity index (χ2n) is 8.91. The van der Waals surface area contributed by atoms with Crippen molar-refractivity contribution >= 4 is 10.9 Å². The van der Waals surface area contributed by atoms with E-state index in [2.05, 4.69) is 52.6 Å². The number of hydrazine groups is 1. The van der Waals surface area contributed by atoms with Crippen molar-refractivity contribution in [2.24, 2.45) is 0 Å². The molecule has 7 nitrogen and oxygen atoms in total. The van der Waals surface area contributed by atoms with E-state index >= 15 is 0 Å². The first-order valence-corrected chi connectivity index (χ1v) is 11.5. The van der Waals surface area contributed by atoms with Crippen molar-refractivity contribution in [1.29, 1.82) is 0 Å². The molecule has 2 aromatic heterocycles. The third-order valence-electron chi connectivity index (χ3n) is 6.38. The van der Waals surface area contributed by atoms with E-state index in [9.17, 15) is 0 Å². The van der Waals surface area contributed by atoms with Crippen LogP contribution in [0.15, 0.2) is 60.6 Å². The highest BCUT2D eigenvalue weighted by Gasteiger charge is 2.43. The molecule has 3 aromatic rings. The summed E-state index contributed by atoms with van der Waals surface area (Å²) in [5.74, 6) is 1.43. The van der Waals surface area contributed by atoms with Crippen LogP contribution in [0.2, 0.25) is 0 Å². The van der Waals surface area contributed by atoms with Crippen LogP contribution in [0.1, 0.15) is 30.5 Å². The van der Waals surface area contributed by atoms with Crippen LogP contribution in [0.5, 0.6) is 11.5 Å². The van der Waals surface area contributed by atoms with Crippen molar-refractivity contribution in [3.63, 3.8) is 0 Å². The molecule has 4 heterocycles. The van der Waals surface area contributed by atoms with Gasteiger partial charge in [-0.15, -0.1) is 0 Å². The van der Waals surface area contributed by atoms with E-state index in [1.807, 2.05) is 36.7 Å². The van der Waals surface area contributed by atoms with E-state index < -0.39 is 5.54 Å². The summed E-state index contributed by atoms with van der Waals surface area (Å²) in [5, 5.41) is 3.28. The van der Waals surface area contributed by atoms with Crippen molar-refractivity contribution in [3.05, 3.63) is 71.8 Å². The third-order valence-corrected chi connectivity index (χ3v) is 6.38. The summed E-state index contributed by atoms with van der Waals surface area (Å²) in [6, 6.07) is 12.2. The molecule has 1 N–H and O–H groups in total. The van der Waals surface area contributed by atoms with Crippen LogP contribution in [-0.2, 0) is 5.54 Å². The number of methoxy groups -OCH3 is 1. The zero-order valence-corrected chi connectivity index (χ0v) is 19.5.